The summed E-state index contributed by atoms with van der Waals surface area (Å²) in [5.74, 6) is 1.01. The molecule has 19 heavy (non-hydrogen) atoms. The third-order valence-electron chi connectivity index (χ3n) is 2.26. The van der Waals surface area contributed by atoms with Crippen LogP contribution in [0.2, 0.25) is 15.1 Å². The molecule has 0 aliphatic heterocycles. The van der Waals surface area contributed by atoms with Crippen LogP contribution < -0.4 is 10.6 Å². The Bertz CT molecular complexity index is 589. The summed E-state index contributed by atoms with van der Waals surface area (Å²) >= 11 is 17.9. The summed E-state index contributed by atoms with van der Waals surface area (Å²) in [6.07, 6.45) is 1.53. The van der Waals surface area contributed by atoms with E-state index in [1.807, 2.05) is 6.92 Å². The first kappa shape index (κ1) is 14.2. The average Bonchev–Trinajstić information content (AvgIpc) is 2.38. The predicted octanol–water partition coefficient (Wildman–Crippen LogP) is 4.61. The highest BCUT2D eigenvalue weighted by atomic mass is 35.5. The molecule has 100 valence electrons. The van der Waals surface area contributed by atoms with E-state index in [4.69, 9.17) is 34.8 Å². The largest absolute Gasteiger partial charge is 0.354 e. The Morgan fingerprint density at radius 2 is 1.89 bits per heavy atom. The lowest BCUT2D eigenvalue weighted by Crippen LogP contribution is -2.04. The van der Waals surface area contributed by atoms with E-state index in [0.29, 0.717) is 26.8 Å². The Balaban J connectivity index is 2.26. The number of rotatable bonds is 4. The maximum absolute atomic E-state index is 6.04. The van der Waals surface area contributed by atoms with Crippen molar-refractivity contribution < 1.29 is 0 Å². The van der Waals surface area contributed by atoms with E-state index in [9.17, 15) is 0 Å². The van der Waals surface area contributed by atoms with Crippen molar-refractivity contribution in [3.05, 3.63) is 39.5 Å². The molecule has 0 radical (unpaired) electrons. The van der Waals surface area contributed by atoms with Crippen molar-refractivity contribution in [1.29, 1.82) is 0 Å². The summed E-state index contributed by atoms with van der Waals surface area (Å²) in [6.45, 7) is 2.69. The van der Waals surface area contributed by atoms with Crippen LogP contribution >= 0.6 is 34.8 Å². The Morgan fingerprint density at radius 1 is 1.11 bits per heavy atom. The summed E-state index contributed by atoms with van der Waals surface area (Å²) in [5.41, 5.74) is 0.748. The SMILES string of the molecule is CCNc1ncc(Cl)c(Nc2ccc(Cl)c(Cl)c2)n1. The summed E-state index contributed by atoms with van der Waals surface area (Å²) in [5, 5.41) is 7.47. The van der Waals surface area contributed by atoms with Gasteiger partial charge in [0, 0.05) is 12.2 Å². The second-order valence-electron chi connectivity index (χ2n) is 3.67. The van der Waals surface area contributed by atoms with Crippen molar-refractivity contribution in [3.63, 3.8) is 0 Å². The summed E-state index contributed by atoms with van der Waals surface area (Å²) < 4.78 is 0. The maximum atomic E-state index is 6.04. The molecule has 0 amide bonds. The molecule has 0 saturated carbocycles. The Kier molecular flexibility index (Phi) is 4.69. The molecule has 1 aromatic carbocycles. The van der Waals surface area contributed by atoms with E-state index < -0.39 is 0 Å². The normalized spacial score (nSPS) is 10.3. The summed E-state index contributed by atoms with van der Waals surface area (Å²) in [6, 6.07) is 5.20. The number of aromatic nitrogens is 2. The summed E-state index contributed by atoms with van der Waals surface area (Å²) in [4.78, 5) is 8.33. The minimum absolute atomic E-state index is 0.424. The van der Waals surface area contributed by atoms with Gasteiger partial charge in [0.2, 0.25) is 5.95 Å². The zero-order valence-electron chi connectivity index (χ0n) is 10.0. The van der Waals surface area contributed by atoms with E-state index in [1.54, 1.807) is 18.2 Å². The van der Waals surface area contributed by atoms with Crippen LogP contribution in [0.4, 0.5) is 17.5 Å². The number of nitrogens with one attached hydrogen (secondary N) is 2. The third kappa shape index (κ3) is 3.62. The van der Waals surface area contributed by atoms with Crippen molar-refractivity contribution in [1.82, 2.24) is 9.97 Å². The number of hydrogen-bond donors (Lipinski definition) is 2. The molecule has 0 saturated heterocycles. The van der Waals surface area contributed by atoms with Gasteiger partial charge in [-0.1, -0.05) is 34.8 Å². The molecule has 0 fully saturated rings. The topological polar surface area (TPSA) is 49.8 Å². The quantitative estimate of drug-likeness (QED) is 0.864. The lowest BCUT2D eigenvalue weighted by molar-refractivity contribution is 1.09. The average molecular weight is 318 g/mol. The van der Waals surface area contributed by atoms with Crippen molar-refractivity contribution in [2.75, 3.05) is 17.2 Å². The molecular weight excluding hydrogens is 307 g/mol. The molecular formula is C12H11Cl3N4. The van der Waals surface area contributed by atoms with Gasteiger partial charge in [0.15, 0.2) is 5.82 Å². The van der Waals surface area contributed by atoms with E-state index in [0.717, 1.165) is 12.2 Å². The highest BCUT2D eigenvalue weighted by molar-refractivity contribution is 6.42. The lowest BCUT2D eigenvalue weighted by atomic mass is 10.3. The zero-order valence-corrected chi connectivity index (χ0v) is 12.3. The van der Waals surface area contributed by atoms with Crippen LogP contribution in [0.1, 0.15) is 6.92 Å². The standard InChI is InChI=1S/C12H11Cl3N4/c1-2-16-12-17-6-10(15)11(19-12)18-7-3-4-8(13)9(14)5-7/h3-6H,2H2,1H3,(H2,16,17,18,19). The Hall–Kier alpha value is -1.23. The van der Waals surface area contributed by atoms with Crippen LogP contribution in [0.3, 0.4) is 0 Å². The molecule has 0 aliphatic carbocycles. The molecule has 0 aliphatic rings. The van der Waals surface area contributed by atoms with Gasteiger partial charge in [-0.3, -0.25) is 0 Å². The van der Waals surface area contributed by atoms with Gasteiger partial charge in [-0.15, -0.1) is 0 Å². The Labute approximate surface area is 126 Å². The zero-order chi connectivity index (χ0) is 13.8. The van der Waals surface area contributed by atoms with Gasteiger partial charge in [0.05, 0.1) is 16.2 Å². The van der Waals surface area contributed by atoms with Crippen LogP contribution in [-0.2, 0) is 0 Å². The van der Waals surface area contributed by atoms with Gasteiger partial charge in [-0.05, 0) is 25.1 Å². The highest BCUT2D eigenvalue weighted by Crippen LogP contribution is 2.28. The van der Waals surface area contributed by atoms with Gasteiger partial charge in [0.25, 0.3) is 0 Å². The number of anilines is 3. The molecule has 0 spiro atoms. The van der Waals surface area contributed by atoms with Crippen LogP contribution in [0.5, 0.6) is 0 Å². The number of benzene rings is 1. The minimum Gasteiger partial charge on any atom is -0.354 e. The smallest absolute Gasteiger partial charge is 0.224 e. The van der Waals surface area contributed by atoms with Gasteiger partial charge in [-0.25, -0.2) is 4.98 Å². The monoisotopic (exact) mass is 316 g/mol. The second-order valence-corrected chi connectivity index (χ2v) is 4.90. The molecule has 4 nitrogen and oxygen atoms in total. The molecule has 2 N–H and O–H groups in total. The van der Waals surface area contributed by atoms with Crippen molar-refractivity contribution in [2.45, 2.75) is 6.92 Å². The summed E-state index contributed by atoms with van der Waals surface area (Å²) in [7, 11) is 0. The molecule has 7 heteroatoms. The fourth-order valence-electron chi connectivity index (χ4n) is 1.41. The molecule has 2 rings (SSSR count). The second kappa shape index (κ2) is 6.28. The molecule has 1 aromatic heterocycles. The van der Waals surface area contributed by atoms with Gasteiger partial charge in [-0.2, -0.15) is 4.98 Å². The van der Waals surface area contributed by atoms with Crippen molar-refractivity contribution in [2.24, 2.45) is 0 Å². The first-order valence-electron chi connectivity index (χ1n) is 5.58. The molecule has 0 atom stereocenters. The van der Waals surface area contributed by atoms with Crippen molar-refractivity contribution in [3.8, 4) is 0 Å². The first-order valence-corrected chi connectivity index (χ1v) is 6.72. The van der Waals surface area contributed by atoms with Gasteiger partial charge >= 0.3 is 0 Å². The number of hydrogen-bond acceptors (Lipinski definition) is 4. The third-order valence-corrected chi connectivity index (χ3v) is 3.28. The first-order chi connectivity index (χ1) is 9.10. The van der Waals surface area contributed by atoms with Crippen molar-refractivity contribution >= 4 is 52.3 Å². The van der Waals surface area contributed by atoms with E-state index in [1.165, 1.54) is 6.20 Å². The van der Waals surface area contributed by atoms with Gasteiger partial charge in [0.1, 0.15) is 5.02 Å². The van der Waals surface area contributed by atoms with E-state index in [-0.39, 0.29) is 0 Å². The van der Waals surface area contributed by atoms with Crippen LogP contribution in [0, 0.1) is 0 Å². The van der Waals surface area contributed by atoms with E-state index >= 15 is 0 Å². The van der Waals surface area contributed by atoms with Crippen LogP contribution in [-0.4, -0.2) is 16.5 Å². The molecule has 0 unspecified atom stereocenters. The maximum Gasteiger partial charge on any atom is 0.224 e. The van der Waals surface area contributed by atoms with Gasteiger partial charge < -0.3 is 10.6 Å². The lowest BCUT2D eigenvalue weighted by Gasteiger charge is -2.10. The number of nitrogens with zero attached hydrogens (tertiary/aromatic N) is 2. The van der Waals surface area contributed by atoms with Crippen LogP contribution in [0.15, 0.2) is 24.4 Å². The van der Waals surface area contributed by atoms with Crippen LogP contribution in [0.25, 0.3) is 0 Å². The molecule has 0 bridgehead atoms. The number of halogens is 3. The minimum atomic E-state index is 0.424. The van der Waals surface area contributed by atoms with E-state index in [2.05, 4.69) is 20.6 Å². The predicted molar refractivity (Wildman–Crippen MR) is 81.0 cm³/mol. The highest BCUT2D eigenvalue weighted by Gasteiger charge is 2.06. The Morgan fingerprint density at radius 3 is 2.58 bits per heavy atom. The fraction of sp³-hybridized carbons (Fsp3) is 0.167. The molecule has 2 aromatic rings. The molecule has 1 heterocycles. The fourth-order valence-corrected chi connectivity index (χ4v) is 1.85.